The number of piperidine rings is 1. The average molecular weight is 348 g/mol. The molecule has 4 rings (SSSR count). The number of hydrogen-bond acceptors (Lipinski definition) is 2. The Kier molecular flexibility index (Phi) is 5.35. The van der Waals surface area contributed by atoms with Gasteiger partial charge in [0.25, 0.3) is 5.91 Å². The van der Waals surface area contributed by atoms with Crippen LogP contribution in [0.1, 0.15) is 65.2 Å². The first-order valence-corrected chi connectivity index (χ1v) is 9.99. The summed E-state index contributed by atoms with van der Waals surface area (Å²) in [5.74, 6) is 0.0382. The van der Waals surface area contributed by atoms with E-state index in [-0.39, 0.29) is 11.9 Å². The van der Waals surface area contributed by atoms with Gasteiger partial charge in [-0.05, 0) is 74.0 Å². The van der Waals surface area contributed by atoms with Gasteiger partial charge in [0, 0.05) is 12.1 Å². The lowest BCUT2D eigenvalue weighted by Crippen LogP contribution is -2.31. The minimum absolute atomic E-state index is 0.0382. The van der Waals surface area contributed by atoms with Crippen molar-refractivity contribution >= 4 is 5.91 Å². The predicted octanol–water partition coefficient (Wildman–Crippen LogP) is 4.48. The van der Waals surface area contributed by atoms with Crippen molar-refractivity contribution in [1.82, 2.24) is 10.2 Å². The molecule has 1 aliphatic heterocycles. The Morgan fingerprint density at radius 1 is 0.962 bits per heavy atom. The summed E-state index contributed by atoms with van der Waals surface area (Å²) in [7, 11) is 0. The molecule has 0 unspecified atom stereocenters. The molecule has 2 aliphatic rings. The van der Waals surface area contributed by atoms with Gasteiger partial charge in [0.1, 0.15) is 0 Å². The number of fused-ring (bicyclic) bond motifs is 1. The van der Waals surface area contributed by atoms with Crippen molar-refractivity contribution in [2.24, 2.45) is 0 Å². The highest BCUT2D eigenvalue weighted by Crippen LogP contribution is 2.29. The molecule has 2 aromatic carbocycles. The third-order valence-electron chi connectivity index (χ3n) is 5.75. The second-order valence-electron chi connectivity index (χ2n) is 7.65. The van der Waals surface area contributed by atoms with E-state index in [9.17, 15) is 4.79 Å². The summed E-state index contributed by atoms with van der Waals surface area (Å²) in [6, 6.07) is 16.8. The first kappa shape index (κ1) is 17.3. The van der Waals surface area contributed by atoms with Crippen molar-refractivity contribution in [3.8, 4) is 0 Å². The molecule has 1 amide bonds. The minimum Gasteiger partial charge on any atom is -0.345 e. The molecule has 0 saturated carbocycles. The molecule has 1 fully saturated rings. The molecule has 1 heterocycles. The van der Waals surface area contributed by atoms with Crippen LogP contribution in [0, 0.1) is 0 Å². The van der Waals surface area contributed by atoms with Crippen molar-refractivity contribution in [2.75, 3.05) is 13.1 Å². The molecule has 1 aliphatic carbocycles. The Balaban J connectivity index is 1.39. The lowest BCUT2D eigenvalue weighted by Gasteiger charge is -2.27. The zero-order valence-corrected chi connectivity index (χ0v) is 15.4. The Morgan fingerprint density at radius 2 is 1.73 bits per heavy atom. The number of aryl methyl sites for hydroxylation is 1. The Labute approximate surface area is 156 Å². The van der Waals surface area contributed by atoms with Crippen LogP contribution in [0.2, 0.25) is 0 Å². The quantitative estimate of drug-likeness (QED) is 0.883. The molecule has 3 nitrogen and oxygen atoms in total. The van der Waals surface area contributed by atoms with Gasteiger partial charge < -0.3 is 5.32 Å². The van der Waals surface area contributed by atoms with Crippen LogP contribution in [-0.4, -0.2) is 23.9 Å². The van der Waals surface area contributed by atoms with Gasteiger partial charge in [-0.2, -0.15) is 0 Å². The van der Waals surface area contributed by atoms with Crippen molar-refractivity contribution < 1.29 is 4.79 Å². The third-order valence-corrected chi connectivity index (χ3v) is 5.75. The first-order chi connectivity index (χ1) is 12.8. The van der Waals surface area contributed by atoms with Gasteiger partial charge in [-0.15, -0.1) is 0 Å². The van der Waals surface area contributed by atoms with E-state index in [1.165, 1.54) is 49.0 Å². The zero-order chi connectivity index (χ0) is 17.8. The molecule has 26 heavy (non-hydrogen) atoms. The Hall–Kier alpha value is -2.13. The van der Waals surface area contributed by atoms with Gasteiger partial charge in [-0.25, -0.2) is 0 Å². The highest BCUT2D eigenvalue weighted by molar-refractivity contribution is 5.94. The van der Waals surface area contributed by atoms with Crippen LogP contribution >= 0.6 is 0 Å². The van der Waals surface area contributed by atoms with E-state index in [4.69, 9.17) is 0 Å². The monoisotopic (exact) mass is 348 g/mol. The summed E-state index contributed by atoms with van der Waals surface area (Å²) >= 11 is 0. The maximum Gasteiger partial charge on any atom is 0.251 e. The zero-order valence-electron chi connectivity index (χ0n) is 15.4. The average Bonchev–Trinajstić information content (AvgIpc) is 2.70. The molecule has 1 atom stereocenters. The third kappa shape index (κ3) is 3.99. The summed E-state index contributed by atoms with van der Waals surface area (Å²) < 4.78 is 0. The number of nitrogens with zero attached hydrogens (tertiary/aromatic N) is 1. The lowest BCUT2D eigenvalue weighted by molar-refractivity contribution is 0.0932. The molecule has 136 valence electrons. The number of benzene rings is 2. The molecule has 0 spiro atoms. The molecule has 1 saturated heterocycles. The molecule has 3 heteroatoms. The standard InChI is InChI=1S/C23H28N2O/c26-23(24-22-10-6-8-19-7-2-3-9-21(19)22)20-13-11-18(12-14-20)17-25-15-4-1-5-16-25/h2-3,7,9,11-14,22H,1,4-6,8,10,15-17H2,(H,24,26)/t22-/m1/s1. The van der Waals surface area contributed by atoms with Crippen molar-refractivity contribution in [3.63, 3.8) is 0 Å². The van der Waals surface area contributed by atoms with Crippen LogP contribution in [0.4, 0.5) is 0 Å². The summed E-state index contributed by atoms with van der Waals surface area (Å²) in [5.41, 5.74) is 4.72. The van der Waals surface area contributed by atoms with Crippen molar-refractivity contribution in [2.45, 2.75) is 51.1 Å². The highest BCUT2D eigenvalue weighted by Gasteiger charge is 2.21. The van der Waals surface area contributed by atoms with E-state index in [2.05, 4.69) is 46.6 Å². The van der Waals surface area contributed by atoms with E-state index >= 15 is 0 Å². The lowest BCUT2D eigenvalue weighted by atomic mass is 9.87. The van der Waals surface area contributed by atoms with Crippen molar-refractivity contribution in [3.05, 3.63) is 70.8 Å². The summed E-state index contributed by atoms with van der Waals surface area (Å²) in [5, 5.41) is 3.24. The fourth-order valence-corrected chi connectivity index (χ4v) is 4.28. The van der Waals surface area contributed by atoms with Gasteiger partial charge >= 0.3 is 0 Å². The number of rotatable bonds is 4. The Morgan fingerprint density at radius 3 is 2.54 bits per heavy atom. The number of nitrogens with one attached hydrogen (secondary N) is 1. The molecule has 0 aromatic heterocycles. The van der Waals surface area contributed by atoms with Crippen LogP contribution in [0.5, 0.6) is 0 Å². The molecule has 0 bridgehead atoms. The predicted molar refractivity (Wildman–Crippen MR) is 105 cm³/mol. The van der Waals surface area contributed by atoms with Gasteiger partial charge in [0.05, 0.1) is 6.04 Å². The van der Waals surface area contributed by atoms with Crippen LogP contribution in [-0.2, 0) is 13.0 Å². The molecule has 1 N–H and O–H groups in total. The summed E-state index contributed by atoms with van der Waals surface area (Å²) in [6.07, 6.45) is 7.26. The van der Waals surface area contributed by atoms with E-state index < -0.39 is 0 Å². The fraction of sp³-hybridized carbons (Fsp3) is 0.435. The van der Waals surface area contributed by atoms with Crippen molar-refractivity contribution in [1.29, 1.82) is 0 Å². The van der Waals surface area contributed by atoms with Crippen LogP contribution in [0.3, 0.4) is 0 Å². The van der Waals surface area contributed by atoms with Gasteiger partial charge in [-0.1, -0.05) is 42.8 Å². The Bertz CT molecular complexity index is 747. The summed E-state index contributed by atoms with van der Waals surface area (Å²) in [4.78, 5) is 15.2. The molecular weight excluding hydrogens is 320 g/mol. The van der Waals surface area contributed by atoms with E-state index in [1.54, 1.807) is 0 Å². The molecule has 2 aromatic rings. The first-order valence-electron chi connectivity index (χ1n) is 9.99. The van der Waals surface area contributed by atoms with E-state index in [1.807, 2.05) is 12.1 Å². The molecular formula is C23H28N2O. The highest BCUT2D eigenvalue weighted by atomic mass is 16.1. The van der Waals surface area contributed by atoms with Gasteiger partial charge in [0.15, 0.2) is 0 Å². The largest absolute Gasteiger partial charge is 0.345 e. The van der Waals surface area contributed by atoms with Crippen LogP contribution < -0.4 is 5.32 Å². The second-order valence-corrected chi connectivity index (χ2v) is 7.65. The van der Waals surface area contributed by atoms with Gasteiger partial charge in [-0.3, -0.25) is 9.69 Å². The number of hydrogen-bond donors (Lipinski definition) is 1. The normalized spacial score (nSPS) is 20.4. The smallest absolute Gasteiger partial charge is 0.251 e. The SMILES string of the molecule is O=C(N[C@@H]1CCCc2ccccc21)c1ccc(CN2CCCCC2)cc1. The van der Waals surface area contributed by atoms with E-state index in [0.717, 1.165) is 31.4 Å². The maximum atomic E-state index is 12.7. The number of carbonyl (C=O) groups excluding carboxylic acids is 1. The number of likely N-dealkylation sites (tertiary alicyclic amines) is 1. The second kappa shape index (κ2) is 8.05. The van der Waals surface area contributed by atoms with Crippen LogP contribution in [0.25, 0.3) is 0 Å². The molecule has 0 radical (unpaired) electrons. The fourth-order valence-electron chi connectivity index (χ4n) is 4.28. The minimum atomic E-state index is 0.0382. The van der Waals surface area contributed by atoms with E-state index in [0.29, 0.717) is 0 Å². The van der Waals surface area contributed by atoms with Crippen LogP contribution in [0.15, 0.2) is 48.5 Å². The van der Waals surface area contributed by atoms with Gasteiger partial charge in [0.2, 0.25) is 0 Å². The number of carbonyl (C=O) groups is 1. The summed E-state index contributed by atoms with van der Waals surface area (Å²) in [6.45, 7) is 3.39. The topological polar surface area (TPSA) is 32.3 Å². The number of amides is 1. The maximum absolute atomic E-state index is 12.7.